The average Bonchev–Trinajstić information content (AvgIpc) is 4.01. The zero-order valence-corrected chi connectivity index (χ0v) is 34.7. The van der Waals surface area contributed by atoms with E-state index in [1.807, 2.05) is 29.5 Å². The first kappa shape index (κ1) is 35.6. The van der Waals surface area contributed by atoms with Crippen molar-refractivity contribution in [2.45, 2.75) is 0 Å². The highest BCUT2D eigenvalue weighted by Crippen LogP contribution is 2.43. The molecule has 9 aromatic carbocycles. The molecule has 0 saturated heterocycles. The molecule has 0 aliphatic rings. The van der Waals surface area contributed by atoms with Crippen LogP contribution < -0.4 is 0 Å². The van der Waals surface area contributed by atoms with Crippen LogP contribution in [0.1, 0.15) is 0 Å². The van der Waals surface area contributed by atoms with E-state index in [0.717, 1.165) is 44.6 Å². The second-order valence-corrected chi connectivity index (χ2v) is 17.1. The smallest absolute Gasteiger partial charge is 0.164 e. The lowest BCUT2D eigenvalue weighted by Crippen LogP contribution is -2.01. The van der Waals surface area contributed by atoms with Crippen molar-refractivity contribution in [1.29, 1.82) is 0 Å². The van der Waals surface area contributed by atoms with Crippen LogP contribution in [-0.4, -0.2) is 24.1 Å². The van der Waals surface area contributed by atoms with E-state index in [9.17, 15) is 0 Å². The molecule has 294 valence electrons. The van der Waals surface area contributed by atoms with E-state index in [4.69, 9.17) is 15.0 Å². The number of hydrogen-bond acceptors (Lipinski definition) is 4. The van der Waals surface area contributed by atoms with Gasteiger partial charge in [0.1, 0.15) is 0 Å². The van der Waals surface area contributed by atoms with Crippen molar-refractivity contribution < 1.29 is 0 Å². The highest BCUT2D eigenvalue weighted by atomic mass is 32.1. The summed E-state index contributed by atoms with van der Waals surface area (Å²) in [4.78, 5) is 15.6. The minimum absolute atomic E-state index is 0.621. The fourth-order valence-corrected chi connectivity index (χ4v) is 10.7. The highest BCUT2D eigenvalue weighted by molar-refractivity contribution is 7.26. The Hall–Kier alpha value is -8.19. The van der Waals surface area contributed by atoms with Gasteiger partial charge in [-0.3, -0.25) is 0 Å². The van der Waals surface area contributed by atoms with E-state index in [1.54, 1.807) is 0 Å². The summed E-state index contributed by atoms with van der Waals surface area (Å²) in [6.07, 6.45) is 0. The van der Waals surface area contributed by atoms with Crippen LogP contribution in [0.4, 0.5) is 0 Å². The maximum Gasteiger partial charge on any atom is 0.164 e. The van der Waals surface area contributed by atoms with Gasteiger partial charge in [0.05, 0.1) is 22.1 Å². The van der Waals surface area contributed by atoms with Gasteiger partial charge in [-0.25, -0.2) is 15.0 Å². The Labute approximate surface area is 366 Å². The molecule has 0 atom stereocenters. The van der Waals surface area contributed by atoms with Crippen LogP contribution in [0.3, 0.4) is 0 Å². The molecule has 63 heavy (non-hydrogen) atoms. The lowest BCUT2D eigenvalue weighted by molar-refractivity contribution is 1.07. The Morgan fingerprint density at radius 1 is 0.302 bits per heavy atom. The first-order valence-electron chi connectivity index (χ1n) is 21.2. The van der Waals surface area contributed by atoms with Crippen molar-refractivity contribution in [2.75, 3.05) is 0 Å². The van der Waals surface area contributed by atoms with Crippen LogP contribution >= 0.6 is 11.3 Å². The van der Waals surface area contributed by atoms with E-state index in [2.05, 4.69) is 203 Å². The average molecular weight is 822 g/mol. The summed E-state index contributed by atoms with van der Waals surface area (Å²) in [6.45, 7) is 0. The van der Waals surface area contributed by atoms with Crippen molar-refractivity contribution in [2.24, 2.45) is 0 Å². The minimum atomic E-state index is 0.621. The normalized spacial score (nSPS) is 11.8. The van der Waals surface area contributed by atoms with E-state index < -0.39 is 0 Å². The van der Waals surface area contributed by atoms with Gasteiger partial charge in [-0.2, -0.15) is 0 Å². The molecule has 4 heterocycles. The molecule has 0 radical (unpaired) electrons. The maximum atomic E-state index is 5.25. The first-order valence-corrected chi connectivity index (χ1v) is 22.0. The molecule has 13 rings (SSSR count). The topological polar surface area (TPSA) is 48.5 Å². The van der Waals surface area contributed by atoms with E-state index in [0.29, 0.717) is 17.5 Å². The number of nitrogens with zero attached hydrogens (tertiary/aromatic N) is 5. The Balaban J connectivity index is 0.994. The standard InChI is InChI=1S/C57H35N5S/c1-4-16-36(17-5-1)42-26-15-29-52-54(42)45-31-30-39(33-53(45)63-52)57-59-55(37-18-6-2-7-19-37)58-56(60-57)38-20-14-23-41(32-38)62-49-28-13-11-25-44(49)47-34-46-43-24-10-12-27-48(43)61(50(46)35-51(47)62)40-21-8-3-9-22-40/h1-35H. The molecule has 0 fully saturated rings. The molecule has 5 nitrogen and oxygen atoms in total. The van der Waals surface area contributed by atoms with Crippen molar-refractivity contribution in [3.8, 4) is 56.7 Å². The van der Waals surface area contributed by atoms with Gasteiger partial charge in [0, 0.05) is 69.8 Å². The van der Waals surface area contributed by atoms with Gasteiger partial charge < -0.3 is 9.13 Å². The Morgan fingerprint density at radius 2 is 0.825 bits per heavy atom. The number of rotatable bonds is 6. The van der Waals surface area contributed by atoms with Gasteiger partial charge in [0.15, 0.2) is 17.5 Å². The van der Waals surface area contributed by atoms with E-state index in [1.165, 1.54) is 58.4 Å². The zero-order valence-electron chi connectivity index (χ0n) is 33.9. The summed E-state index contributed by atoms with van der Waals surface area (Å²) >= 11 is 1.81. The molecule has 0 bridgehead atoms. The molecule has 0 saturated carbocycles. The molecule has 0 aliphatic heterocycles. The second-order valence-electron chi connectivity index (χ2n) is 16.0. The van der Waals surface area contributed by atoms with Crippen LogP contribution in [0.5, 0.6) is 0 Å². The van der Waals surface area contributed by atoms with E-state index in [-0.39, 0.29) is 0 Å². The fourth-order valence-electron chi connectivity index (χ4n) is 9.52. The Kier molecular flexibility index (Phi) is 8.01. The number of hydrogen-bond donors (Lipinski definition) is 0. The van der Waals surface area contributed by atoms with Crippen LogP contribution in [0, 0.1) is 0 Å². The lowest BCUT2D eigenvalue weighted by atomic mass is 9.99. The fraction of sp³-hybridized carbons (Fsp3) is 0. The Morgan fingerprint density at radius 3 is 1.51 bits per heavy atom. The largest absolute Gasteiger partial charge is 0.309 e. The van der Waals surface area contributed by atoms with Gasteiger partial charge in [0.25, 0.3) is 0 Å². The lowest BCUT2D eigenvalue weighted by Gasteiger charge is -2.12. The van der Waals surface area contributed by atoms with Gasteiger partial charge in [-0.05, 0) is 71.8 Å². The Bertz CT molecular complexity index is 3900. The van der Waals surface area contributed by atoms with Crippen molar-refractivity contribution in [1.82, 2.24) is 24.1 Å². The third-order valence-electron chi connectivity index (χ3n) is 12.4. The number of fused-ring (bicyclic) bond motifs is 9. The molecule has 0 amide bonds. The molecule has 6 heteroatoms. The van der Waals surface area contributed by atoms with Crippen molar-refractivity contribution >= 4 is 75.1 Å². The number of benzene rings is 9. The number of aromatic nitrogens is 5. The molecule has 13 aromatic rings. The first-order chi connectivity index (χ1) is 31.2. The van der Waals surface area contributed by atoms with Crippen molar-refractivity contribution in [3.63, 3.8) is 0 Å². The molecule has 4 aromatic heterocycles. The van der Waals surface area contributed by atoms with Gasteiger partial charge >= 0.3 is 0 Å². The summed E-state index contributed by atoms with van der Waals surface area (Å²) in [6, 6.07) is 75.6. The molecular weight excluding hydrogens is 787 g/mol. The third-order valence-corrected chi connectivity index (χ3v) is 13.5. The predicted octanol–water partition coefficient (Wildman–Crippen LogP) is 15.1. The summed E-state index contributed by atoms with van der Waals surface area (Å²) < 4.78 is 7.23. The maximum absolute atomic E-state index is 5.25. The second kappa shape index (κ2) is 14.2. The molecule has 0 unspecified atom stereocenters. The zero-order chi connectivity index (χ0) is 41.4. The monoisotopic (exact) mass is 821 g/mol. The minimum Gasteiger partial charge on any atom is -0.309 e. The van der Waals surface area contributed by atoms with Gasteiger partial charge in [-0.1, -0.05) is 152 Å². The summed E-state index contributed by atoms with van der Waals surface area (Å²) in [5, 5.41) is 7.39. The quantitative estimate of drug-likeness (QED) is 0.168. The van der Waals surface area contributed by atoms with Gasteiger partial charge in [-0.15, -0.1) is 11.3 Å². The number of thiophene rings is 1. The third kappa shape index (κ3) is 5.73. The molecule has 0 N–H and O–H groups in total. The van der Waals surface area contributed by atoms with Crippen molar-refractivity contribution in [3.05, 3.63) is 212 Å². The summed E-state index contributed by atoms with van der Waals surface area (Å²) in [7, 11) is 0. The van der Waals surface area contributed by atoms with Crippen LogP contribution in [0.2, 0.25) is 0 Å². The predicted molar refractivity (Wildman–Crippen MR) is 263 cm³/mol. The van der Waals surface area contributed by atoms with Crippen LogP contribution in [0.15, 0.2) is 212 Å². The SMILES string of the molecule is c1ccc(-c2nc(-c3cccc(-n4c5ccccc5c5cc6c7ccccc7n(-c7ccccc7)c6cc54)c3)nc(-c3ccc4c(c3)sc3cccc(-c5ccccc5)c34)n2)cc1. The molecular formula is C57H35N5S. The summed E-state index contributed by atoms with van der Waals surface area (Å²) in [5.74, 6) is 1.90. The molecule has 0 spiro atoms. The van der Waals surface area contributed by atoms with Crippen LogP contribution in [0.25, 0.3) is 120 Å². The molecule has 0 aliphatic carbocycles. The highest BCUT2D eigenvalue weighted by Gasteiger charge is 2.20. The number of para-hydroxylation sites is 3. The van der Waals surface area contributed by atoms with Crippen LogP contribution in [-0.2, 0) is 0 Å². The van der Waals surface area contributed by atoms with Gasteiger partial charge in [0.2, 0.25) is 0 Å². The van der Waals surface area contributed by atoms with E-state index >= 15 is 0 Å². The summed E-state index contributed by atoms with van der Waals surface area (Å²) in [5.41, 5.74) is 12.1.